The van der Waals surface area contributed by atoms with Gasteiger partial charge in [-0.1, -0.05) is 20.8 Å². The molecule has 1 aliphatic rings. The molecule has 0 radical (unpaired) electrons. The first-order valence-electron chi connectivity index (χ1n) is 8.28. The fourth-order valence-corrected chi connectivity index (χ4v) is 3.21. The number of rotatable bonds is 5. The lowest BCUT2D eigenvalue weighted by Crippen LogP contribution is -2.56. The van der Waals surface area contributed by atoms with Gasteiger partial charge in [-0.05, 0) is 43.0 Å². The van der Waals surface area contributed by atoms with Crippen LogP contribution < -0.4 is 15.1 Å². The summed E-state index contributed by atoms with van der Waals surface area (Å²) in [7, 11) is 4.18. The van der Waals surface area contributed by atoms with Crippen LogP contribution in [0.4, 0.5) is 11.4 Å². The number of anilines is 2. The minimum Gasteiger partial charge on any atom is -0.378 e. The molecule has 1 N–H and O–H groups in total. The fourth-order valence-electron chi connectivity index (χ4n) is 3.21. The summed E-state index contributed by atoms with van der Waals surface area (Å²) >= 11 is 0. The quantitative estimate of drug-likeness (QED) is 0.897. The maximum atomic E-state index is 3.73. The molecule has 1 saturated heterocycles. The molecule has 1 heterocycles. The van der Waals surface area contributed by atoms with E-state index in [9.17, 15) is 0 Å². The van der Waals surface area contributed by atoms with Gasteiger partial charge >= 0.3 is 0 Å². The lowest BCUT2D eigenvalue weighted by atomic mass is 9.98. The zero-order valence-corrected chi connectivity index (χ0v) is 14.3. The molecule has 0 aliphatic carbocycles. The van der Waals surface area contributed by atoms with Crippen LogP contribution in [0.5, 0.6) is 0 Å². The third kappa shape index (κ3) is 4.13. The Morgan fingerprint density at radius 3 is 2.43 bits per heavy atom. The van der Waals surface area contributed by atoms with E-state index in [1.807, 2.05) is 0 Å². The Kier molecular flexibility index (Phi) is 5.51. The predicted molar refractivity (Wildman–Crippen MR) is 93.4 cm³/mol. The first-order chi connectivity index (χ1) is 10.0. The van der Waals surface area contributed by atoms with Crippen LogP contribution in [-0.4, -0.2) is 39.3 Å². The summed E-state index contributed by atoms with van der Waals surface area (Å²) in [6.45, 7) is 9.13. The average molecular weight is 289 g/mol. The van der Waals surface area contributed by atoms with Crippen molar-refractivity contribution in [3.63, 3.8) is 0 Å². The van der Waals surface area contributed by atoms with E-state index in [0.29, 0.717) is 12.1 Å². The van der Waals surface area contributed by atoms with Gasteiger partial charge in [0.15, 0.2) is 0 Å². The van der Waals surface area contributed by atoms with Crippen LogP contribution in [-0.2, 0) is 0 Å². The summed E-state index contributed by atoms with van der Waals surface area (Å²) in [6.07, 6.45) is 2.44. The molecular formula is C18H31N3. The molecular weight excluding hydrogens is 258 g/mol. The van der Waals surface area contributed by atoms with Crippen LogP contribution in [0.25, 0.3) is 0 Å². The van der Waals surface area contributed by atoms with E-state index in [2.05, 4.69) is 74.2 Å². The van der Waals surface area contributed by atoms with Crippen molar-refractivity contribution in [1.29, 1.82) is 0 Å². The monoisotopic (exact) mass is 289 g/mol. The van der Waals surface area contributed by atoms with Crippen LogP contribution in [0.2, 0.25) is 0 Å². The van der Waals surface area contributed by atoms with Gasteiger partial charge in [0.1, 0.15) is 0 Å². The van der Waals surface area contributed by atoms with Crippen LogP contribution >= 0.6 is 0 Å². The minimum atomic E-state index is 0.610. The third-order valence-corrected chi connectivity index (χ3v) is 4.42. The Morgan fingerprint density at radius 1 is 1.24 bits per heavy atom. The van der Waals surface area contributed by atoms with Gasteiger partial charge in [-0.2, -0.15) is 0 Å². The van der Waals surface area contributed by atoms with E-state index in [-0.39, 0.29) is 0 Å². The predicted octanol–water partition coefficient (Wildman–Crippen LogP) is 3.36. The second kappa shape index (κ2) is 7.17. The van der Waals surface area contributed by atoms with Gasteiger partial charge in [0, 0.05) is 50.6 Å². The molecule has 1 aromatic carbocycles. The van der Waals surface area contributed by atoms with Gasteiger partial charge in [-0.3, -0.25) is 0 Å². The Bertz CT molecular complexity index is 425. The second-order valence-corrected chi connectivity index (χ2v) is 6.86. The van der Waals surface area contributed by atoms with Gasteiger partial charge in [0.25, 0.3) is 0 Å². The summed E-state index contributed by atoms with van der Waals surface area (Å²) in [5.74, 6) is 0.749. The summed E-state index contributed by atoms with van der Waals surface area (Å²) in [5.41, 5.74) is 2.63. The van der Waals surface area contributed by atoms with Crippen molar-refractivity contribution in [3.05, 3.63) is 24.3 Å². The Balaban J connectivity index is 2.12. The molecule has 0 spiro atoms. The van der Waals surface area contributed by atoms with Gasteiger partial charge in [-0.15, -0.1) is 0 Å². The number of nitrogens with one attached hydrogen (secondary N) is 1. The number of benzene rings is 1. The molecule has 21 heavy (non-hydrogen) atoms. The molecule has 3 nitrogen and oxygen atoms in total. The molecule has 0 bridgehead atoms. The summed E-state index contributed by atoms with van der Waals surface area (Å²) in [5, 5.41) is 3.73. The van der Waals surface area contributed by atoms with Crippen molar-refractivity contribution in [2.75, 3.05) is 37.0 Å². The van der Waals surface area contributed by atoms with Gasteiger partial charge in [-0.25, -0.2) is 0 Å². The standard InChI is InChI=1S/C18H31N3/c1-6-16-12-19-15(11-14(2)3)13-21(16)18-9-7-17(8-10-18)20(4)5/h7-10,14-16,19H,6,11-13H2,1-5H3. The summed E-state index contributed by atoms with van der Waals surface area (Å²) < 4.78 is 0. The third-order valence-electron chi connectivity index (χ3n) is 4.42. The molecule has 1 fully saturated rings. The van der Waals surface area contributed by atoms with E-state index < -0.39 is 0 Å². The number of hydrogen-bond acceptors (Lipinski definition) is 3. The van der Waals surface area contributed by atoms with Crippen LogP contribution in [0.15, 0.2) is 24.3 Å². The van der Waals surface area contributed by atoms with Gasteiger partial charge in [0.2, 0.25) is 0 Å². The highest BCUT2D eigenvalue weighted by Crippen LogP contribution is 2.25. The smallest absolute Gasteiger partial charge is 0.0412 e. The zero-order valence-electron chi connectivity index (χ0n) is 14.3. The maximum Gasteiger partial charge on any atom is 0.0412 e. The fraction of sp³-hybridized carbons (Fsp3) is 0.667. The molecule has 0 saturated carbocycles. The van der Waals surface area contributed by atoms with Crippen LogP contribution in [0.1, 0.15) is 33.6 Å². The normalized spacial score (nSPS) is 22.7. The average Bonchev–Trinajstić information content (AvgIpc) is 2.46. The van der Waals surface area contributed by atoms with Crippen molar-refractivity contribution in [1.82, 2.24) is 5.32 Å². The lowest BCUT2D eigenvalue weighted by molar-refractivity contribution is 0.343. The van der Waals surface area contributed by atoms with E-state index in [0.717, 1.165) is 19.0 Å². The van der Waals surface area contributed by atoms with Crippen molar-refractivity contribution < 1.29 is 0 Å². The highest BCUT2D eigenvalue weighted by Gasteiger charge is 2.27. The molecule has 2 rings (SSSR count). The van der Waals surface area contributed by atoms with Crippen LogP contribution in [0, 0.1) is 5.92 Å². The zero-order chi connectivity index (χ0) is 15.4. The molecule has 1 aromatic rings. The molecule has 0 aromatic heterocycles. The van der Waals surface area contributed by atoms with Crippen LogP contribution in [0.3, 0.4) is 0 Å². The second-order valence-electron chi connectivity index (χ2n) is 6.86. The van der Waals surface area contributed by atoms with Gasteiger partial charge in [0.05, 0.1) is 0 Å². The van der Waals surface area contributed by atoms with E-state index in [4.69, 9.17) is 0 Å². The molecule has 0 amide bonds. The van der Waals surface area contributed by atoms with Crippen molar-refractivity contribution in [2.24, 2.45) is 5.92 Å². The minimum absolute atomic E-state index is 0.610. The number of piperazine rings is 1. The van der Waals surface area contributed by atoms with Crippen molar-refractivity contribution in [3.8, 4) is 0 Å². The molecule has 3 heteroatoms. The molecule has 2 atom stereocenters. The van der Waals surface area contributed by atoms with Gasteiger partial charge < -0.3 is 15.1 Å². The first-order valence-corrected chi connectivity index (χ1v) is 8.28. The van der Waals surface area contributed by atoms with Crippen molar-refractivity contribution in [2.45, 2.75) is 45.7 Å². The largest absolute Gasteiger partial charge is 0.378 e. The van der Waals surface area contributed by atoms with E-state index >= 15 is 0 Å². The Morgan fingerprint density at radius 2 is 1.90 bits per heavy atom. The SMILES string of the molecule is CCC1CNC(CC(C)C)CN1c1ccc(N(C)C)cc1. The van der Waals surface area contributed by atoms with E-state index in [1.165, 1.54) is 24.2 Å². The highest BCUT2D eigenvalue weighted by atomic mass is 15.2. The topological polar surface area (TPSA) is 18.5 Å². The molecule has 118 valence electrons. The summed E-state index contributed by atoms with van der Waals surface area (Å²) in [4.78, 5) is 4.75. The van der Waals surface area contributed by atoms with Crippen molar-refractivity contribution >= 4 is 11.4 Å². The van der Waals surface area contributed by atoms with E-state index in [1.54, 1.807) is 0 Å². The molecule has 1 aliphatic heterocycles. The lowest BCUT2D eigenvalue weighted by Gasteiger charge is -2.42. The summed E-state index contributed by atoms with van der Waals surface area (Å²) in [6, 6.07) is 10.2. The number of hydrogen-bond donors (Lipinski definition) is 1. The highest BCUT2D eigenvalue weighted by molar-refractivity contribution is 5.56. The molecule has 2 unspecified atom stereocenters. The Labute approximate surface area is 130 Å². The first kappa shape index (κ1) is 16.2. The Hall–Kier alpha value is -1.22. The number of nitrogens with zero attached hydrogens (tertiary/aromatic N) is 2. The maximum absolute atomic E-state index is 3.73.